The summed E-state index contributed by atoms with van der Waals surface area (Å²) in [7, 11) is -1.88. The Morgan fingerprint density at radius 3 is 2.29 bits per heavy atom. The minimum absolute atomic E-state index is 0.0639. The lowest BCUT2D eigenvalue weighted by molar-refractivity contribution is 0.207. The third-order valence-electron chi connectivity index (χ3n) is 8.09. The monoisotopic (exact) mass is 483 g/mol. The predicted octanol–water partition coefficient (Wildman–Crippen LogP) is 5.75. The van der Waals surface area contributed by atoms with Crippen molar-refractivity contribution in [1.82, 2.24) is 4.31 Å². The highest BCUT2D eigenvalue weighted by molar-refractivity contribution is 7.89. The largest absolute Gasteiger partial charge is 0.497 e. The van der Waals surface area contributed by atoms with Gasteiger partial charge in [0.15, 0.2) is 0 Å². The van der Waals surface area contributed by atoms with Crippen LogP contribution in [0.2, 0.25) is 0 Å². The van der Waals surface area contributed by atoms with Crippen LogP contribution < -0.4 is 4.74 Å². The SMILES string of the molecule is COc1ccc(/C=C2/C3=C(CN(S(=O)(=O)c4ccc(C)cc4)C3)[C@@H]3CC[C@]23c2ccccc2)cc1. The van der Waals surface area contributed by atoms with E-state index in [-0.39, 0.29) is 5.41 Å². The average molecular weight is 484 g/mol. The molecule has 4 nitrogen and oxygen atoms in total. The minimum Gasteiger partial charge on any atom is -0.497 e. The van der Waals surface area contributed by atoms with Gasteiger partial charge in [-0.25, -0.2) is 8.42 Å². The average Bonchev–Trinajstić information content (AvgIpc) is 3.35. The second-order valence-corrected chi connectivity index (χ2v) is 11.8. The number of hydrogen-bond acceptors (Lipinski definition) is 3. The number of ether oxygens (including phenoxy) is 1. The van der Waals surface area contributed by atoms with E-state index >= 15 is 0 Å². The number of rotatable bonds is 5. The first-order chi connectivity index (χ1) is 16.9. The van der Waals surface area contributed by atoms with Gasteiger partial charge in [-0.05, 0) is 77.8 Å². The molecule has 0 bridgehead atoms. The van der Waals surface area contributed by atoms with Crippen LogP contribution in [0.25, 0.3) is 6.08 Å². The predicted molar refractivity (Wildman–Crippen MR) is 139 cm³/mol. The van der Waals surface area contributed by atoms with E-state index in [4.69, 9.17) is 4.74 Å². The molecular weight excluding hydrogens is 454 g/mol. The van der Waals surface area contributed by atoms with Crippen LogP contribution in [-0.2, 0) is 15.4 Å². The van der Waals surface area contributed by atoms with Crippen molar-refractivity contribution >= 4 is 16.1 Å². The van der Waals surface area contributed by atoms with E-state index in [2.05, 4.69) is 48.5 Å². The van der Waals surface area contributed by atoms with E-state index in [1.54, 1.807) is 23.5 Å². The van der Waals surface area contributed by atoms with Gasteiger partial charge < -0.3 is 4.74 Å². The van der Waals surface area contributed by atoms with Crippen LogP contribution in [-0.4, -0.2) is 32.9 Å². The van der Waals surface area contributed by atoms with E-state index < -0.39 is 10.0 Å². The van der Waals surface area contributed by atoms with Crippen molar-refractivity contribution in [2.45, 2.75) is 30.1 Å². The van der Waals surface area contributed by atoms with Crippen LogP contribution in [0.3, 0.4) is 0 Å². The lowest BCUT2D eigenvalue weighted by Crippen LogP contribution is -2.46. The van der Waals surface area contributed by atoms with Crippen LogP contribution in [0.4, 0.5) is 0 Å². The van der Waals surface area contributed by atoms with Crippen LogP contribution in [0, 0.1) is 12.8 Å². The van der Waals surface area contributed by atoms with Crippen LogP contribution in [0.1, 0.15) is 29.5 Å². The highest BCUT2D eigenvalue weighted by Crippen LogP contribution is 2.65. The van der Waals surface area contributed by atoms with Crippen molar-refractivity contribution in [3.05, 3.63) is 112 Å². The van der Waals surface area contributed by atoms with Gasteiger partial charge in [0, 0.05) is 18.5 Å². The molecule has 178 valence electrons. The standard InChI is InChI=1S/C30H29NO3S/c1-21-8-14-25(15-9-21)35(32,33)31-19-26-27(20-31)29(18-22-10-12-24(34-2)13-11-22)30(17-16-28(26)30)23-6-4-3-5-7-23/h3-15,18,28H,16-17,19-20H2,1-2H3/b29-18-/t28-,30+/m0/s1. The Morgan fingerprint density at radius 1 is 0.943 bits per heavy atom. The molecule has 0 aromatic heterocycles. The molecule has 5 heteroatoms. The molecule has 3 aromatic rings. The van der Waals surface area contributed by atoms with Crippen molar-refractivity contribution in [3.8, 4) is 5.75 Å². The summed E-state index contributed by atoms with van der Waals surface area (Å²) in [5, 5.41) is 0. The fourth-order valence-corrected chi connectivity index (χ4v) is 7.57. The highest BCUT2D eigenvalue weighted by atomic mass is 32.2. The van der Waals surface area contributed by atoms with Crippen molar-refractivity contribution in [1.29, 1.82) is 0 Å². The zero-order valence-electron chi connectivity index (χ0n) is 20.1. The van der Waals surface area contributed by atoms with Crippen molar-refractivity contribution < 1.29 is 13.2 Å². The summed E-state index contributed by atoms with van der Waals surface area (Å²) in [5.74, 6) is 1.18. The number of aryl methyl sites for hydroxylation is 1. The highest BCUT2D eigenvalue weighted by Gasteiger charge is 2.59. The quantitative estimate of drug-likeness (QED) is 0.464. The molecule has 2 atom stereocenters. The number of benzene rings is 3. The molecule has 3 aromatic carbocycles. The Balaban J connectivity index is 1.42. The van der Waals surface area contributed by atoms with Crippen molar-refractivity contribution in [3.63, 3.8) is 0 Å². The summed E-state index contributed by atoms with van der Waals surface area (Å²) in [5.41, 5.74) is 7.22. The third kappa shape index (κ3) is 3.40. The fraction of sp³-hybridized carbons (Fsp3) is 0.267. The number of sulfonamides is 1. The second kappa shape index (κ2) is 8.21. The molecule has 0 radical (unpaired) electrons. The number of fused-ring (bicyclic) bond motifs is 2. The molecule has 6 rings (SSSR count). The lowest BCUT2D eigenvalue weighted by atomic mass is 9.54. The molecule has 0 unspecified atom stereocenters. The summed E-state index contributed by atoms with van der Waals surface area (Å²) in [6.07, 6.45) is 4.45. The second-order valence-electron chi connectivity index (χ2n) is 9.85. The third-order valence-corrected chi connectivity index (χ3v) is 9.90. The van der Waals surface area contributed by atoms with Gasteiger partial charge in [0.2, 0.25) is 10.0 Å². The first-order valence-corrected chi connectivity index (χ1v) is 13.6. The molecule has 0 spiro atoms. The van der Waals surface area contributed by atoms with Gasteiger partial charge in [-0.15, -0.1) is 0 Å². The zero-order chi connectivity index (χ0) is 24.2. The Kier molecular flexibility index (Phi) is 5.24. The topological polar surface area (TPSA) is 46.6 Å². The van der Waals surface area contributed by atoms with Crippen LogP contribution in [0.15, 0.2) is 100 Å². The summed E-state index contributed by atoms with van der Waals surface area (Å²) in [6.45, 7) is 2.88. The van der Waals surface area contributed by atoms with Crippen molar-refractivity contribution in [2.75, 3.05) is 20.2 Å². The van der Waals surface area contributed by atoms with Gasteiger partial charge in [0.05, 0.1) is 12.0 Å². The van der Waals surface area contributed by atoms with E-state index in [9.17, 15) is 8.42 Å². The molecule has 0 saturated heterocycles. The molecule has 1 saturated carbocycles. The Bertz CT molecular complexity index is 1440. The maximum atomic E-state index is 13.5. The first-order valence-electron chi connectivity index (χ1n) is 12.1. The molecule has 1 heterocycles. The maximum absolute atomic E-state index is 13.5. The van der Waals surface area contributed by atoms with Gasteiger partial charge >= 0.3 is 0 Å². The fourth-order valence-electron chi connectivity index (χ4n) is 6.19. The van der Waals surface area contributed by atoms with Gasteiger partial charge in [0.25, 0.3) is 0 Å². The number of methoxy groups -OCH3 is 1. The molecule has 1 fully saturated rings. The minimum atomic E-state index is -3.56. The number of hydrogen-bond donors (Lipinski definition) is 0. The van der Waals surface area contributed by atoms with E-state index in [0.717, 1.165) is 29.7 Å². The van der Waals surface area contributed by atoms with E-state index in [1.165, 1.54) is 22.3 Å². The molecule has 35 heavy (non-hydrogen) atoms. The van der Waals surface area contributed by atoms with Gasteiger partial charge in [-0.1, -0.05) is 66.2 Å². The van der Waals surface area contributed by atoms with Gasteiger partial charge in [-0.2, -0.15) is 4.31 Å². The lowest BCUT2D eigenvalue weighted by Gasteiger charge is -2.49. The van der Waals surface area contributed by atoms with Gasteiger partial charge in [0.1, 0.15) is 5.75 Å². The molecule has 3 aliphatic rings. The molecule has 2 aliphatic carbocycles. The summed E-state index contributed by atoms with van der Waals surface area (Å²) >= 11 is 0. The summed E-state index contributed by atoms with van der Waals surface area (Å²) in [6, 6.07) is 26.0. The Labute approximate surface area is 207 Å². The molecular formula is C30H29NO3S. The number of nitrogens with zero attached hydrogens (tertiary/aromatic N) is 1. The smallest absolute Gasteiger partial charge is 0.243 e. The Morgan fingerprint density at radius 2 is 1.66 bits per heavy atom. The maximum Gasteiger partial charge on any atom is 0.243 e. The summed E-state index contributed by atoms with van der Waals surface area (Å²) in [4.78, 5) is 0.368. The normalized spacial score (nSPS) is 24.9. The van der Waals surface area contributed by atoms with Crippen LogP contribution in [0.5, 0.6) is 5.75 Å². The Hall–Kier alpha value is -3.15. The van der Waals surface area contributed by atoms with E-state index in [1.807, 2.05) is 31.2 Å². The zero-order valence-corrected chi connectivity index (χ0v) is 20.9. The van der Waals surface area contributed by atoms with E-state index in [0.29, 0.717) is 23.9 Å². The van der Waals surface area contributed by atoms with Gasteiger partial charge in [-0.3, -0.25) is 0 Å². The first kappa shape index (κ1) is 22.3. The molecule has 0 amide bonds. The van der Waals surface area contributed by atoms with Crippen LogP contribution >= 0.6 is 0 Å². The molecule has 1 aliphatic heterocycles. The molecule has 0 N–H and O–H groups in total. The van der Waals surface area contributed by atoms with Crippen molar-refractivity contribution in [2.24, 2.45) is 5.92 Å². The summed E-state index contributed by atoms with van der Waals surface area (Å²) < 4.78 is 34.1.